The smallest absolute Gasteiger partial charge is 0.166 e. The number of rotatable bonds is 4. The van der Waals surface area contributed by atoms with E-state index in [0.717, 1.165) is 23.3 Å². The minimum atomic E-state index is 0.589. The summed E-state index contributed by atoms with van der Waals surface area (Å²) < 4.78 is 6.86. The Hall–Kier alpha value is -2.29. The van der Waals surface area contributed by atoms with Crippen LogP contribution in [-0.4, -0.2) is 18.0 Å². The van der Waals surface area contributed by atoms with Crippen LogP contribution in [0, 0.1) is 0 Å². The molecule has 0 atom stereocenters. The molecule has 17 heavy (non-hydrogen) atoms. The van der Waals surface area contributed by atoms with Gasteiger partial charge in [-0.25, -0.2) is 0 Å². The third kappa shape index (κ3) is 1.99. The maximum Gasteiger partial charge on any atom is 0.166 e. The van der Waals surface area contributed by atoms with Gasteiger partial charge < -0.3 is 9.30 Å². The van der Waals surface area contributed by atoms with Crippen LogP contribution >= 0.6 is 0 Å². The summed E-state index contributed by atoms with van der Waals surface area (Å²) in [6, 6.07) is 11.3. The molecule has 0 saturated carbocycles. The van der Waals surface area contributed by atoms with Crippen LogP contribution in [-0.2, 0) is 0 Å². The molecule has 3 nitrogen and oxygen atoms in total. The van der Waals surface area contributed by atoms with Crippen LogP contribution in [0.5, 0.6) is 5.75 Å². The maximum atomic E-state index is 10.8. The first-order chi connectivity index (χ1) is 8.30. The number of methoxy groups -OCH3 is 1. The second-order valence-corrected chi connectivity index (χ2v) is 3.54. The van der Waals surface area contributed by atoms with Gasteiger partial charge in [-0.3, -0.25) is 4.79 Å². The van der Waals surface area contributed by atoms with Crippen LogP contribution in [0.2, 0.25) is 0 Å². The number of carbonyl (C=O) groups excluding carboxylic acids is 1. The quantitative estimate of drug-likeness (QED) is 0.751. The van der Waals surface area contributed by atoms with Crippen molar-refractivity contribution in [3.05, 3.63) is 48.7 Å². The zero-order chi connectivity index (χ0) is 12.3. The van der Waals surface area contributed by atoms with Crippen molar-refractivity contribution >= 4 is 12.5 Å². The number of hydrogen-bond donors (Lipinski definition) is 0. The molecule has 1 heterocycles. The molecule has 0 unspecified atom stereocenters. The highest BCUT2D eigenvalue weighted by atomic mass is 16.5. The van der Waals surface area contributed by atoms with Gasteiger partial charge in [0.1, 0.15) is 5.75 Å². The average Bonchev–Trinajstić information content (AvgIpc) is 2.81. The predicted molar refractivity (Wildman–Crippen MR) is 68.2 cm³/mol. The van der Waals surface area contributed by atoms with Gasteiger partial charge in [-0.1, -0.05) is 6.58 Å². The number of carbonyl (C=O) groups is 1. The van der Waals surface area contributed by atoms with E-state index in [9.17, 15) is 4.79 Å². The Bertz CT molecular complexity index is 538. The molecule has 0 aliphatic heterocycles. The number of ether oxygens (including phenoxy) is 1. The van der Waals surface area contributed by atoms with Crippen LogP contribution in [0.4, 0.5) is 0 Å². The van der Waals surface area contributed by atoms with Crippen molar-refractivity contribution in [1.82, 2.24) is 4.57 Å². The van der Waals surface area contributed by atoms with E-state index in [-0.39, 0.29) is 0 Å². The van der Waals surface area contributed by atoms with Crippen molar-refractivity contribution in [2.75, 3.05) is 7.11 Å². The highest BCUT2D eigenvalue weighted by molar-refractivity contribution is 5.78. The number of aromatic nitrogens is 1. The van der Waals surface area contributed by atoms with Crippen molar-refractivity contribution in [3.8, 4) is 17.0 Å². The van der Waals surface area contributed by atoms with Gasteiger partial charge in [0.05, 0.1) is 18.5 Å². The van der Waals surface area contributed by atoms with Crippen molar-refractivity contribution in [1.29, 1.82) is 0 Å². The molecule has 0 amide bonds. The molecule has 1 aromatic carbocycles. The maximum absolute atomic E-state index is 10.8. The van der Waals surface area contributed by atoms with E-state index in [1.54, 1.807) is 23.9 Å². The molecular weight excluding hydrogens is 214 g/mol. The lowest BCUT2D eigenvalue weighted by Gasteiger charge is -2.06. The molecule has 0 N–H and O–H groups in total. The Morgan fingerprint density at radius 3 is 2.41 bits per heavy atom. The average molecular weight is 227 g/mol. The summed E-state index contributed by atoms with van der Waals surface area (Å²) in [6.45, 7) is 3.71. The highest BCUT2D eigenvalue weighted by Crippen LogP contribution is 2.24. The lowest BCUT2D eigenvalue weighted by atomic mass is 10.1. The van der Waals surface area contributed by atoms with Crippen LogP contribution in [0.1, 0.15) is 10.5 Å². The van der Waals surface area contributed by atoms with Gasteiger partial charge in [0.25, 0.3) is 0 Å². The molecule has 0 radical (unpaired) electrons. The second-order valence-electron chi connectivity index (χ2n) is 3.54. The van der Waals surface area contributed by atoms with Crippen LogP contribution in [0.25, 0.3) is 17.5 Å². The summed E-state index contributed by atoms with van der Waals surface area (Å²) in [4.78, 5) is 10.8. The lowest BCUT2D eigenvalue weighted by molar-refractivity contribution is 0.111. The van der Waals surface area contributed by atoms with Crippen LogP contribution < -0.4 is 4.74 Å². The minimum Gasteiger partial charge on any atom is -0.497 e. The number of hydrogen-bond acceptors (Lipinski definition) is 2. The summed E-state index contributed by atoms with van der Waals surface area (Å²) in [5, 5.41) is 0. The first kappa shape index (κ1) is 11.2. The molecule has 2 rings (SSSR count). The number of nitrogens with zero attached hydrogens (tertiary/aromatic N) is 1. The molecule has 3 heteroatoms. The molecule has 86 valence electrons. The standard InChI is InChI=1S/C14H13NO2/c1-3-15-12(10-16)6-9-14(15)11-4-7-13(17-2)8-5-11/h3-10H,1H2,2H3. The van der Waals surface area contributed by atoms with E-state index in [1.165, 1.54) is 0 Å². The summed E-state index contributed by atoms with van der Waals surface area (Å²) in [5.41, 5.74) is 2.54. The fourth-order valence-corrected chi connectivity index (χ4v) is 1.76. The Morgan fingerprint density at radius 2 is 1.88 bits per heavy atom. The molecule has 0 saturated heterocycles. The van der Waals surface area contributed by atoms with Crippen LogP contribution in [0.3, 0.4) is 0 Å². The molecule has 0 aliphatic carbocycles. The Morgan fingerprint density at radius 1 is 1.18 bits per heavy atom. The third-order valence-corrected chi connectivity index (χ3v) is 2.64. The monoisotopic (exact) mass is 227 g/mol. The molecular formula is C14H13NO2. The molecule has 0 fully saturated rings. The van der Waals surface area contributed by atoms with Gasteiger partial charge in [0.2, 0.25) is 0 Å². The number of benzene rings is 1. The molecule has 0 aliphatic rings. The normalized spacial score (nSPS) is 9.94. The molecule has 2 aromatic rings. The zero-order valence-electron chi connectivity index (χ0n) is 9.59. The SMILES string of the molecule is C=Cn1c(C=O)ccc1-c1ccc(OC)cc1. The van der Waals surface area contributed by atoms with Crippen LogP contribution in [0.15, 0.2) is 43.0 Å². The van der Waals surface area contributed by atoms with Crippen molar-refractivity contribution in [2.24, 2.45) is 0 Å². The van der Waals surface area contributed by atoms with Gasteiger partial charge in [-0.2, -0.15) is 0 Å². The Kier molecular flexibility index (Phi) is 3.10. The molecule has 1 aromatic heterocycles. The second kappa shape index (κ2) is 4.70. The van der Waals surface area contributed by atoms with Crippen molar-refractivity contribution in [2.45, 2.75) is 0 Å². The number of aldehydes is 1. The Balaban J connectivity index is 2.48. The fraction of sp³-hybridized carbons (Fsp3) is 0.0714. The van der Waals surface area contributed by atoms with E-state index < -0.39 is 0 Å². The van der Waals surface area contributed by atoms with Gasteiger partial charge in [-0.15, -0.1) is 0 Å². The lowest BCUT2D eigenvalue weighted by Crippen LogP contribution is -1.94. The summed E-state index contributed by atoms with van der Waals surface area (Å²) in [6.07, 6.45) is 2.44. The predicted octanol–water partition coefficient (Wildman–Crippen LogP) is 3.08. The summed E-state index contributed by atoms with van der Waals surface area (Å²) in [5.74, 6) is 0.807. The molecule has 0 spiro atoms. The minimum absolute atomic E-state index is 0.589. The van der Waals surface area contributed by atoms with E-state index in [2.05, 4.69) is 6.58 Å². The van der Waals surface area contributed by atoms with Gasteiger partial charge >= 0.3 is 0 Å². The van der Waals surface area contributed by atoms with Crippen molar-refractivity contribution in [3.63, 3.8) is 0 Å². The fourth-order valence-electron chi connectivity index (χ4n) is 1.76. The summed E-state index contributed by atoms with van der Waals surface area (Å²) >= 11 is 0. The highest BCUT2D eigenvalue weighted by Gasteiger charge is 2.07. The van der Waals surface area contributed by atoms with E-state index in [1.807, 2.05) is 30.3 Å². The van der Waals surface area contributed by atoms with Crippen molar-refractivity contribution < 1.29 is 9.53 Å². The largest absolute Gasteiger partial charge is 0.497 e. The first-order valence-electron chi connectivity index (χ1n) is 5.23. The van der Waals surface area contributed by atoms with Gasteiger partial charge in [0, 0.05) is 6.20 Å². The Labute approximate surface area is 100.0 Å². The van der Waals surface area contributed by atoms with E-state index in [4.69, 9.17) is 4.74 Å². The topological polar surface area (TPSA) is 31.2 Å². The van der Waals surface area contributed by atoms with E-state index >= 15 is 0 Å². The van der Waals surface area contributed by atoms with E-state index in [0.29, 0.717) is 5.69 Å². The third-order valence-electron chi connectivity index (χ3n) is 2.64. The van der Waals surface area contributed by atoms with Gasteiger partial charge in [-0.05, 0) is 42.0 Å². The molecule has 0 bridgehead atoms. The zero-order valence-corrected chi connectivity index (χ0v) is 9.59. The first-order valence-corrected chi connectivity index (χ1v) is 5.23. The summed E-state index contributed by atoms with van der Waals surface area (Å²) in [7, 11) is 1.63. The van der Waals surface area contributed by atoms with Gasteiger partial charge in [0.15, 0.2) is 6.29 Å².